The first-order valence-electron chi connectivity index (χ1n) is 10.0. The molecule has 0 saturated heterocycles. The Morgan fingerprint density at radius 1 is 0.935 bits per heavy atom. The van der Waals surface area contributed by atoms with Crippen molar-refractivity contribution in [3.63, 3.8) is 0 Å². The molecule has 2 aromatic carbocycles. The number of hydrogen-bond donors (Lipinski definition) is 0. The summed E-state index contributed by atoms with van der Waals surface area (Å²) in [6.07, 6.45) is 0.740. The van der Waals surface area contributed by atoms with Crippen molar-refractivity contribution in [1.82, 2.24) is 29.6 Å². The van der Waals surface area contributed by atoms with Gasteiger partial charge in [0.2, 0.25) is 0 Å². The molecule has 0 N–H and O–H groups in total. The fraction of sp³-hybridized carbons (Fsp3) is 0.174. The number of rotatable bonds is 5. The van der Waals surface area contributed by atoms with Crippen LogP contribution in [0.2, 0.25) is 0 Å². The number of ether oxygens (including phenoxy) is 1. The lowest BCUT2D eigenvalue weighted by atomic mass is 10.0. The summed E-state index contributed by atoms with van der Waals surface area (Å²) < 4.78 is 8.39. The van der Waals surface area contributed by atoms with Crippen molar-refractivity contribution in [2.75, 3.05) is 7.11 Å². The van der Waals surface area contributed by atoms with Gasteiger partial charge in [0.25, 0.3) is 0 Å². The number of carbonyl (C=O) groups is 1. The average Bonchev–Trinajstić information content (AvgIpc) is 3.38. The smallest absolute Gasteiger partial charge is 0.311 e. The number of carbonyl (C=O) groups excluding carboxylic acids is 1. The molecule has 0 aliphatic rings. The number of nitrogens with zero attached hydrogens (tertiary/aromatic N) is 6. The summed E-state index contributed by atoms with van der Waals surface area (Å²) in [5, 5.41) is 18.5. The lowest BCUT2D eigenvalue weighted by Gasteiger charge is -2.04. The van der Waals surface area contributed by atoms with Gasteiger partial charge in [-0.3, -0.25) is 4.79 Å². The maximum atomic E-state index is 12.0. The Morgan fingerprint density at radius 2 is 1.65 bits per heavy atom. The zero-order valence-electron chi connectivity index (χ0n) is 17.2. The highest BCUT2D eigenvalue weighted by Gasteiger charge is 2.23. The molecule has 3 heterocycles. The standard InChI is InChI=1S/C23H20N6O2/c1-3-17-20(15-10-6-4-7-11-15)22-25-24-21-18(14-19(30)31-2)27-28(23(21)29(22)26-17)16-12-8-5-9-13-16/h4-13H,3,14H2,1-2H3. The molecule has 0 radical (unpaired) electrons. The third kappa shape index (κ3) is 3.13. The molecule has 0 aliphatic heterocycles. The molecule has 0 saturated carbocycles. The molecular formula is C23H20N6O2. The molecule has 5 rings (SSSR count). The molecule has 0 spiro atoms. The number of hydrogen-bond acceptors (Lipinski definition) is 6. The van der Waals surface area contributed by atoms with Crippen molar-refractivity contribution in [3.8, 4) is 16.8 Å². The Balaban J connectivity index is 1.85. The third-order valence-corrected chi connectivity index (χ3v) is 5.22. The van der Waals surface area contributed by atoms with E-state index in [-0.39, 0.29) is 12.4 Å². The van der Waals surface area contributed by atoms with Crippen LogP contribution in [0.1, 0.15) is 18.3 Å². The Bertz CT molecular complexity index is 1390. The molecule has 0 aliphatic carbocycles. The normalized spacial score (nSPS) is 11.3. The van der Waals surface area contributed by atoms with E-state index in [4.69, 9.17) is 9.84 Å². The lowest BCUT2D eigenvalue weighted by molar-refractivity contribution is -0.139. The van der Waals surface area contributed by atoms with E-state index >= 15 is 0 Å². The molecular weight excluding hydrogens is 392 g/mol. The second-order valence-corrected chi connectivity index (χ2v) is 7.10. The molecule has 0 bridgehead atoms. The van der Waals surface area contributed by atoms with E-state index in [1.54, 1.807) is 9.20 Å². The first-order chi connectivity index (χ1) is 15.2. The molecule has 154 valence electrons. The molecule has 31 heavy (non-hydrogen) atoms. The van der Waals surface area contributed by atoms with Gasteiger partial charge < -0.3 is 4.74 Å². The number of methoxy groups -OCH3 is 1. The van der Waals surface area contributed by atoms with Crippen LogP contribution in [0, 0.1) is 0 Å². The van der Waals surface area contributed by atoms with Crippen molar-refractivity contribution in [3.05, 3.63) is 72.1 Å². The molecule has 0 fully saturated rings. The topological polar surface area (TPSA) is 87.2 Å². The van der Waals surface area contributed by atoms with Crippen molar-refractivity contribution >= 4 is 22.8 Å². The zero-order valence-corrected chi connectivity index (χ0v) is 17.2. The minimum atomic E-state index is -0.388. The fourth-order valence-corrected chi connectivity index (χ4v) is 3.75. The maximum absolute atomic E-state index is 12.0. The molecule has 8 nitrogen and oxygen atoms in total. The minimum absolute atomic E-state index is 0.000462. The van der Waals surface area contributed by atoms with Crippen LogP contribution in [0.5, 0.6) is 0 Å². The Hall–Kier alpha value is -4.07. The van der Waals surface area contributed by atoms with Crippen molar-refractivity contribution < 1.29 is 9.53 Å². The van der Waals surface area contributed by atoms with Crippen LogP contribution in [0.15, 0.2) is 60.7 Å². The number of aromatic nitrogens is 6. The van der Waals surface area contributed by atoms with E-state index in [2.05, 4.69) is 22.2 Å². The summed E-state index contributed by atoms with van der Waals surface area (Å²) in [7, 11) is 1.36. The van der Waals surface area contributed by atoms with E-state index in [0.29, 0.717) is 22.5 Å². The summed E-state index contributed by atoms with van der Waals surface area (Å²) in [6.45, 7) is 2.07. The number of para-hydroxylation sites is 1. The number of fused-ring (bicyclic) bond motifs is 3. The summed E-state index contributed by atoms with van der Waals surface area (Å²) >= 11 is 0. The van der Waals surface area contributed by atoms with Crippen LogP contribution < -0.4 is 0 Å². The van der Waals surface area contributed by atoms with Crippen LogP contribution in [-0.2, 0) is 22.4 Å². The summed E-state index contributed by atoms with van der Waals surface area (Å²) in [5.74, 6) is -0.388. The number of esters is 1. The monoisotopic (exact) mass is 412 g/mol. The molecule has 5 aromatic rings. The number of aryl methyl sites for hydroxylation is 1. The van der Waals surface area contributed by atoms with E-state index in [1.807, 2.05) is 60.7 Å². The van der Waals surface area contributed by atoms with Gasteiger partial charge in [-0.15, -0.1) is 10.2 Å². The van der Waals surface area contributed by atoms with Gasteiger partial charge in [0.05, 0.1) is 30.5 Å². The van der Waals surface area contributed by atoms with E-state index < -0.39 is 0 Å². The molecule has 0 atom stereocenters. The van der Waals surface area contributed by atoms with E-state index in [9.17, 15) is 4.79 Å². The van der Waals surface area contributed by atoms with Crippen molar-refractivity contribution in [2.24, 2.45) is 0 Å². The summed E-state index contributed by atoms with van der Waals surface area (Å²) in [6, 6.07) is 19.8. The van der Waals surface area contributed by atoms with Crippen molar-refractivity contribution in [2.45, 2.75) is 19.8 Å². The van der Waals surface area contributed by atoms with Gasteiger partial charge in [-0.2, -0.15) is 14.7 Å². The molecule has 8 heteroatoms. The first-order valence-corrected chi connectivity index (χ1v) is 10.0. The van der Waals surface area contributed by atoms with Crippen LogP contribution in [0.4, 0.5) is 0 Å². The van der Waals surface area contributed by atoms with Gasteiger partial charge in [0.1, 0.15) is 5.69 Å². The van der Waals surface area contributed by atoms with Gasteiger partial charge in [0, 0.05) is 0 Å². The highest BCUT2D eigenvalue weighted by atomic mass is 16.5. The number of benzene rings is 2. The lowest BCUT2D eigenvalue weighted by Crippen LogP contribution is -2.06. The second kappa shape index (κ2) is 7.64. The van der Waals surface area contributed by atoms with Crippen LogP contribution in [0.25, 0.3) is 33.6 Å². The Kier molecular flexibility index (Phi) is 4.66. The second-order valence-electron chi connectivity index (χ2n) is 7.10. The van der Waals surface area contributed by atoms with E-state index in [0.717, 1.165) is 28.9 Å². The highest BCUT2D eigenvalue weighted by molar-refractivity contribution is 5.87. The Morgan fingerprint density at radius 3 is 2.32 bits per heavy atom. The Labute approximate surface area is 178 Å². The summed E-state index contributed by atoms with van der Waals surface area (Å²) in [5.41, 5.74) is 6.07. The first kappa shape index (κ1) is 18.9. The average molecular weight is 412 g/mol. The highest BCUT2D eigenvalue weighted by Crippen LogP contribution is 2.30. The predicted octanol–water partition coefficient (Wildman–Crippen LogP) is 3.41. The van der Waals surface area contributed by atoms with E-state index in [1.165, 1.54) is 7.11 Å². The fourth-order valence-electron chi connectivity index (χ4n) is 3.75. The zero-order chi connectivity index (χ0) is 21.4. The van der Waals surface area contributed by atoms with Gasteiger partial charge in [-0.1, -0.05) is 55.5 Å². The predicted molar refractivity (Wildman–Crippen MR) is 116 cm³/mol. The SMILES string of the molecule is CCc1nn2c(nnc3c(CC(=O)OC)nn(-c4ccccc4)c32)c1-c1ccccc1. The van der Waals surface area contributed by atoms with Crippen molar-refractivity contribution in [1.29, 1.82) is 0 Å². The largest absolute Gasteiger partial charge is 0.469 e. The molecule has 0 unspecified atom stereocenters. The van der Waals surface area contributed by atoms with Gasteiger partial charge >= 0.3 is 5.97 Å². The quantitative estimate of drug-likeness (QED) is 0.411. The van der Waals surface area contributed by atoms with Gasteiger partial charge in [-0.25, -0.2) is 4.68 Å². The van der Waals surface area contributed by atoms with Crippen LogP contribution >= 0.6 is 0 Å². The molecule has 3 aromatic heterocycles. The third-order valence-electron chi connectivity index (χ3n) is 5.22. The minimum Gasteiger partial charge on any atom is -0.469 e. The summed E-state index contributed by atoms with van der Waals surface area (Å²) in [4.78, 5) is 12.0. The molecule has 0 amide bonds. The van der Waals surface area contributed by atoms with Gasteiger partial charge in [0.15, 0.2) is 16.8 Å². The van der Waals surface area contributed by atoms with Crippen LogP contribution in [0.3, 0.4) is 0 Å². The van der Waals surface area contributed by atoms with Gasteiger partial charge in [-0.05, 0) is 24.1 Å². The maximum Gasteiger partial charge on any atom is 0.311 e. The van der Waals surface area contributed by atoms with Crippen LogP contribution in [-0.4, -0.2) is 42.7 Å².